The maximum Gasteiger partial charge on any atom is 0.264 e. The molecular weight excluding hydrogens is 388 g/mol. The highest BCUT2D eigenvalue weighted by atomic mass is 32.1. The van der Waals surface area contributed by atoms with Gasteiger partial charge in [0, 0.05) is 31.7 Å². The number of benzene rings is 1. The number of amides is 1. The molecule has 2 aromatic heterocycles. The molecule has 0 aliphatic carbocycles. The van der Waals surface area contributed by atoms with Gasteiger partial charge in [0.25, 0.3) is 5.91 Å². The lowest BCUT2D eigenvalue weighted by molar-refractivity contribution is 0.0678. The third kappa shape index (κ3) is 4.17. The van der Waals surface area contributed by atoms with Crippen molar-refractivity contribution >= 4 is 23.1 Å². The topological polar surface area (TPSA) is 67.8 Å². The Balaban J connectivity index is 1.46. The summed E-state index contributed by atoms with van der Waals surface area (Å²) < 4.78 is 11.2. The molecule has 1 amide bonds. The number of carbonyl (C=O) groups excluding carboxylic acids is 1. The molecule has 0 saturated carbocycles. The van der Waals surface area contributed by atoms with Gasteiger partial charge in [-0.25, -0.2) is 9.97 Å². The van der Waals surface area contributed by atoms with Crippen LogP contribution in [-0.2, 0) is 0 Å². The first-order valence-electron chi connectivity index (χ1n) is 9.38. The number of carbonyl (C=O) groups is 1. The average molecular weight is 410 g/mol. The molecule has 0 spiro atoms. The van der Waals surface area contributed by atoms with Crippen LogP contribution >= 0.6 is 11.3 Å². The van der Waals surface area contributed by atoms with E-state index in [4.69, 9.17) is 9.47 Å². The zero-order chi connectivity index (χ0) is 20.2. The first-order chi connectivity index (χ1) is 14.2. The SMILES string of the molecule is COc1ccccc1Oc1cc(N2CCN(C(=O)c3cccs3)C(C)C2)ncn1. The number of para-hydroxylation sites is 2. The van der Waals surface area contributed by atoms with Crippen LogP contribution in [0.4, 0.5) is 5.82 Å². The molecule has 1 saturated heterocycles. The van der Waals surface area contributed by atoms with Crippen LogP contribution in [0, 0.1) is 0 Å². The Morgan fingerprint density at radius 2 is 1.97 bits per heavy atom. The molecule has 0 N–H and O–H groups in total. The minimum atomic E-state index is 0.0758. The maximum atomic E-state index is 12.7. The number of hydrogen-bond acceptors (Lipinski definition) is 7. The Labute approximate surface area is 173 Å². The number of hydrogen-bond donors (Lipinski definition) is 0. The van der Waals surface area contributed by atoms with E-state index in [2.05, 4.69) is 21.8 Å². The lowest BCUT2D eigenvalue weighted by atomic mass is 10.2. The lowest BCUT2D eigenvalue weighted by Crippen LogP contribution is -2.54. The van der Waals surface area contributed by atoms with Crippen LogP contribution in [-0.4, -0.2) is 53.6 Å². The molecule has 150 valence electrons. The predicted octanol–water partition coefficient (Wildman–Crippen LogP) is 3.69. The van der Waals surface area contributed by atoms with E-state index in [1.807, 2.05) is 52.7 Å². The lowest BCUT2D eigenvalue weighted by Gasteiger charge is -2.40. The van der Waals surface area contributed by atoms with Gasteiger partial charge < -0.3 is 19.3 Å². The molecule has 8 heteroatoms. The number of aromatic nitrogens is 2. The summed E-state index contributed by atoms with van der Waals surface area (Å²) in [4.78, 5) is 26.2. The third-order valence-electron chi connectivity index (χ3n) is 4.86. The van der Waals surface area contributed by atoms with Crippen molar-refractivity contribution in [2.45, 2.75) is 13.0 Å². The summed E-state index contributed by atoms with van der Waals surface area (Å²) in [6.45, 7) is 4.10. The molecular formula is C21H22N4O3S. The monoisotopic (exact) mass is 410 g/mol. The van der Waals surface area contributed by atoms with Crippen LogP contribution in [0.5, 0.6) is 17.4 Å². The standard InChI is InChI=1S/C21H22N4O3S/c1-15-13-24(9-10-25(15)21(26)18-8-5-11-29-18)19-12-20(23-14-22-19)28-17-7-4-3-6-16(17)27-2/h3-8,11-12,14-15H,9-10,13H2,1-2H3. The number of thiophene rings is 1. The molecule has 3 aromatic rings. The predicted molar refractivity (Wildman–Crippen MR) is 112 cm³/mol. The molecule has 1 aliphatic rings. The summed E-state index contributed by atoms with van der Waals surface area (Å²) in [5.41, 5.74) is 0. The van der Waals surface area contributed by atoms with E-state index in [0.717, 1.165) is 10.7 Å². The summed E-state index contributed by atoms with van der Waals surface area (Å²) in [6, 6.07) is 13.1. The van der Waals surface area contributed by atoms with Crippen LogP contribution in [0.25, 0.3) is 0 Å². The van der Waals surface area contributed by atoms with Crippen molar-refractivity contribution in [3.8, 4) is 17.4 Å². The fourth-order valence-corrected chi connectivity index (χ4v) is 4.06. The second-order valence-electron chi connectivity index (χ2n) is 6.74. The molecule has 3 heterocycles. The average Bonchev–Trinajstić information content (AvgIpc) is 3.29. The minimum absolute atomic E-state index is 0.0758. The molecule has 1 unspecified atom stereocenters. The summed E-state index contributed by atoms with van der Waals surface area (Å²) in [6.07, 6.45) is 1.49. The number of nitrogens with zero attached hydrogens (tertiary/aromatic N) is 4. The summed E-state index contributed by atoms with van der Waals surface area (Å²) in [5.74, 6) is 2.56. The molecule has 7 nitrogen and oxygen atoms in total. The van der Waals surface area contributed by atoms with Gasteiger partial charge in [0.1, 0.15) is 12.1 Å². The van der Waals surface area contributed by atoms with E-state index in [0.29, 0.717) is 37.0 Å². The quantitative estimate of drug-likeness (QED) is 0.639. The van der Waals surface area contributed by atoms with E-state index in [-0.39, 0.29) is 11.9 Å². The van der Waals surface area contributed by atoms with Crippen molar-refractivity contribution in [3.63, 3.8) is 0 Å². The van der Waals surface area contributed by atoms with Gasteiger partial charge in [-0.1, -0.05) is 18.2 Å². The van der Waals surface area contributed by atoms with Crippen molar-refractivity contribution in [1.82, 2.24) is 14.9 Å². The highest BCUT2D eigenvalue weighted by Crippen LogP contribution is 2.31. The summed E-state index contributed by atoms with van der Waals surface area (Å²) >= 11 is 1.48. The molecule has 4 rings (SSSR count). The van der Waals surface area contributed by atoms with Gasteiger partial charge in [-0.3, -0.25) is 4.79 Å². The number of rotatable bonds is 5. The summed E-state index contributed by atoms with van der Waals surface area (Å²) in [7, 11) is 1.60. The van der Waals surface area contributed by atoms with E-state index < -0.39 is 0 Å². The molecule has 29 heavy (non-hydrogen) atoms. The molecule has 1 fully saturated rings. The normalized spacial score (nSPS) is 16.6. The Morgan fingerprint density at radius 3 is 2.69 bits per heavy atom. The number of ether oxygens (including phenoxy) is 2. The molecule has 0 radical (unpaired) electrons. The molecule has 0 bridgehead atoms. The Morgan fingerprint density at radius 1 is 1.14 bits per heavy atom. The van der Waals surface area contributed by atoms with E-state index in [9.17, 15) is 4.79 Å². The first kappa shape index (κ1) is 19.2. The van der Waals surface area contributed by atoms with Crippen LogP contribution in [0.1, 0.15) is 16.6 Å². The molecule has 1 aromatic carbocycles. The Kier molecular flexibility index (Phi) is 5.62. The van der Waals surface area contributed by atoms with Crippen LogP contribution in [0.2, 0.25) is 0 Å². The van der Waals surface area contributed by atoms with Gasteiger partial charge >= 0.3 is 0 Å². The fraction of sp³-hybridized carbons (Fsp3) is 0.286. The van der Waals surface area contributed by atoms with Gasteiger partial charge in [-0.15, -0.1) is 11.3 Å². The highest BCUT2D eigenvalue weighted by molar-refractivity contribution is 7.12. The van der Waals surface area contributed by atoms with Crippen molar-refractivity contribution in [3.05, 3.63) is 59.0 Å². The van der Waals surface area contributed by atoms with Crippen molar-refractivity contribution < 1.29 is 14.3 Å². The third-order valence-corrected chi connectivity index (χ3v) is 5.71. The number of piperazine rings is 1. The molecule has 1 atom stereocenters. The minimum Gasteiger partial charge on any atom is -0.493 e. The van der Waals surface area contributed by atoms with Gasteiger partial charge in [-0.2, -0.15) is 0 Å². The smallest absolute Gasteiger partial charge is 0.264 e. The van der Waals surface area contributed by atoms with Crippen LogP contribution in [0.3, 0.4) is 0 Å². The van der Waals surface area contributed by atoms with Gasteiger partial charge in [0.15, 0.2) is 11.5 Å². The van der Waals surface area contributed by atoms with Crippen LogP contribution < -0.4 is 14.4 Å². The number of anilines is 1. The highest BCUT2D eigenvalue weighted by Gasteiger charge is 2.29. The molecule has 1 aliphatic heterocycles. The second-order valence-corrected chi connectivity index (χ2v) is 7.69. The first-order valence-corrected chi connectivity index (χ1v) is 10.3. The zero-order valence-corrected chi connectivity index (χ0v) is 17.1. The maximum absolute atomic E-state index is 12.7. The fourth-order valence-electron chi connectivity index (χ4n) is 3.38. The van der Waals surface area contributed by atoms with Crippen molar-refractivity contribution in [2.75, 3.05) is 31.6 Å². The van der Waals surface area contributed by atoms with Gasteiger partial charge in [0.2, 0.25) is 5.88 Å². The Hall–Kier alpha value is -3.13. The van der Waals surface area contributed by atoms with Crippen molar-refractivity contribution in [2.24, 2.45) is 0 Å². The van der Waals surface area contributed by atoms with E-state index in [1.54, 1.807) is 7.11 Å². The van der Waals surface area contributed by atoms with Crippen molar-refractivity contribution in [1.29, 1.82) is 0 Å². The van der Waals surface area contributed by atoms with Crippen LogP contribution in [0.15, 0.2) is 54.2 Å². The van der Waals surface area contributed by atoms with Gasteiger partial charge in [-0.05, 0) is 30.5 Å². The zero-order valence-electron chi connectivity index (χ0n) is 16.3. The summed E-state index contributed by atoms with van der Waals surface area (Å²) in [5, 5.41) is 1.93. The number of methoxy groups -OCH3 is 1. The van der Waals surface area contributed by atoms with E-state index >= 15 is 0 Å². The second kappa shape index (κ2) is 8.48. The van der Waals surface area contributed by atoms with Gasteiger partial charge in [0.05, 0.1) is 12.0 Å². The largest absolute Gasteiger partial charge is 0.493 e. The Bertz CT molecular complexity index is 980. The van der Waals surface area contributed by atoms with E-state index in [1.165, 1.54) is 17.7 Å².